The zero-order valence-corrected chi connectivity index (χ0v) is 15.8. The highest BCUT2D eigenvalue weighted by molar-refractivity contribution is 6.29. The average Bonchev–Trinajstić information content (AvgIpc) is 3.26. The van der Waals surface area contributed by atoms with Gasteiger partial charge < -0.3 is 14.5 Å². The number of fused-ring (bicyclic) bond motifs is 2. The molecule has 1 aliphatic carbocycles. The fourth-order valence-electron chi connectivity index (χ4n) is 3.26. The highest BCUT2D eigenvalue weighted by atomic mass is 35.5. The van der Waals surface area contributed by atoms with Crippen molar-refractivity contribution in [2.24, 2.45) is 0 Å². The molecule has 1 fully saturated rings. The van der Waals surface area contributed by atoms with Crippen LogP contribution in [0.15, 0.2) is 36.8 Å². The molecule has 0 saturated heterocycles. The Morgan fingerprint density at radius 3 is 3.00 bits per heavy atom. The van der Waals surface area contributed by atoms with Crippen molar-refractivity contribution in [1.82, 2.24) is 29.3 Å². The summed E-state index contributed by atoms with van der Waals surface area (Å²) in [7, 11) is 0. The molecule has 28 heavy (non-hydrogen) atoms. The molecule has 0 bridgehead atoms. The van der Waals surface area contributed by atoms with Crippen LogP contribution in [0.4, 0.5) is 4.79 Å². The van der Waals surface area contributed by atoms with Crippen molar-refractivity contribution in [2.75, 3.05) is 0 Å². The standard InChI is InChI=1S/C19H17ClN6O2/c1-11-3-2-6-25-10-13(23-17(11)25)8-21-19(27)28-16-7-15(20)24-18-14(12-4-5-12)9-22-26(16)18/h2-3,6-7,9-10,12H,4-5,8H2,1H3,(H,21,27). The largest absolute Gasteiger partial charge is 0.414 e. The molecular formula is C19H17ClN6O2. The lowest BCUT2D eigenvalue weighted by atomic mass is 10.2. The molecule has 0 spiro atoms. The number of ether oxygens (including phenoxy) is 1. The lowest BCUT2D eigenvalue weighted by Crippen LogP contribution is -2.27. The molecule has 4 heterocycles. The van der Waals surface area contributed by atoms with E-state index in [-0.39, 0.29) is 17.6 Å². The lowest BCUT2D eigenvalue weighted by Gasteiger charge is -2.07. The van der Waals surface area contributed by atoms with Crippen LogP contribution in [0.5, 0.6) is 5.88 Å². The number of nitrogens with one attached hydrogen (secondary N) is 1. The van der Waals surface area contributed by atoms with Crippen molar-refractivity contribution in [3.05, 3.63) is 58.8 Å². The zero-order valence-electron chi connectivity index (χ0n) is 15.1. The van der Waals surface area contributed by atoms with E-state index in [9.17, 15) is 4.79 Å². The van der Waals surface area contributed by atoms with Gasteiger partial charge in [-0.25, -0.2) is 14.8 Å². The summed E-state index contributed by atoms with van der Waals surface area (Å²) in [5, 5.41) is 7.28. The predicted octanol–water partition coefficient (Wildman–Crippen LogP) is 3.50. The van der Waals surface area contributed by atoms with E-state index in [1.54, 1.807) is 6.20 Å². The number of hydrogen-bond acceptors (Lipinski definition) is 5. The molecule has 1 amide bonds. The van der Waals surface area contributed by atoms with Crippen LogP contribution in [0.3, 0.4) is 0 Å². The molecule has 5 rings (SSSR count). The second kappa shape index (κ2) is 6.49. The van der Waals surface area contributed by atoms with Crippen LogP contribution in [0.1, 0.15) is 35.6 Å². The first kappa shape index (κ1) is 17.0. The number of nitrogens with zero attached hydrogens (tertiary/aromatic N) is 5. The first-order chi connectivity index (χ1) is 13.6. The second-order valence-corrected chi connectivity index (χ2v) is 7.31. The molecule has 0 radical (unpaired) electrons. The van der Waals surface area contributed by atoms with E-state index in [1.807, 2.05) is 35.9 Å². The fraction of sp³-hybridized carbons (Fsp3) is 0.263. The summed E-state index contributed by atoms with van der Waals surface area (Å²) in [6.45, 7) is 2.24. The molecular weight excluding hydrogens is 380 g/mol. The SMILES string of the molecule is Cc1cccn2cc(CNC(=O)Oc3cc(Cl)nc4c(C5CC5)cnn34)nc12. The lowest BCUT2D eigenvalue weighted by molar-refractivity contribution is 0.196. The number of aryl methyl sites for hydroxylation is 1. The van der Waals surface area contributed by atoms with Gasteiger partial charge in [0.25, 0.3) is 0 Å². The van der Waals surface area contributed by atoms with Crippen LogP contribution in [0.25, 0.3) is 11.3 Å². The van der Waals surface area contributed by atoms with Gasteiger partial charge in [0.2, 0.25) is 5.88 Å². The van der Waals surface area contributed by atoms with Gasteiger partial charge in [0.15, 0.2) is 5.65 Å². The van der Waals surface area contributed by atoms with Crippen molar-refractivity contribution in [3.8, 4) is 5.88 Å². The van der Waals surface area contributed by atoms with E-state index in [4.69, 9.17) is 16.3 Å². The highest BCUT2D eigenvalue weighted by Crippen LogP contribution is 2.42. The maximum atomic E-state index is 12.3. The van der Waals surface area contributed by atoms with Crippen LogP contribution >= 0.6 is 11.6 Å². The van der Waals surface area contributed by atoms with Crippen LogP contribution < -0.4 is 10.1 Å². The van der Waals surface area contributed by atoms with E-state index in [0.29, 0.717) is 11.6 Å². The van der Waals surface area contributed by atoms with Gasteiger partial charge in [-0.3, -0.25) is 0 Å². The number of aromatic nitrogens is 5. The molecule has 1 N–H and O–H groups in total. The minimum atomic E-state index is -0.610. The minimum Gasteiger partial charge on any atom is -0.391 e. The summed E-state index contributed by atoms with van der Waals surface area (Å²) in [6.07, 6.45) is 7.18. The maximum absolute atomic E-state index is 12.3. The maximum Gasteiger partial charge on any atom is 0.414 e. The average molecular weight is 397 g/mol. The van der Waals surface area contributed by atoms with E-state index in [0.717, 1.165) is 35.3 Å². The summed E-state index contributed by atoms with van der Waals surface area (Å²) in [5.74, 6) is 0.689. The third-order valence-electron chi connectivity index (χ3n) is 4.79. The molecule has 0 atom stereocenters. The molecule has 0 aliphatic heterocycles. The molecule has 1 saturated carbocycles. The summed E-state index contributed by atoms with van der Waals surface area (Å²) in [6, 6.07) is 5.42. The van der Waals surface area contributed by atoms with Gasteiger partial charge in [-0.2, -0.15) is 9.61 Å². The van der Waals surface area contributed by atoms with Gasteiger partial charge in [-0.15, -0.1) is 0 Å². The fourth-order valence-corrected chi connectivity index (χ4v) is 3.44. The van der Waals surface area contributed by atoms with Crippen molar-refractivity contribution >= 4 is 29.0 Å². The Hall–Kier alpha value is -3.13. The first-order valence-electron chi connectivity index (χ1n) is 9.01. The quantitative estimate of drug-likeness (QED) is 0.533. The highest BCUT2D eigenvalue weighted by Gasteiger charge is 2.28. The molecule has 0 aromatic carbocycles. The number of rotatable bonds is 4. The predicted molar refractivity (Wildman–Crippen MR) is 103 cm³/mol. The number of imidazole rings is 1. The van der Waals surface area contributed by atoms with Crippen molar-refractivity contribution in [2.45, 2.75) is 32.2 Å². The number of carbonyl (C=O) groups excluding carboxylic acids is 1. The smallest absolute Gasteiger partial charge is 0.391 e. The van der Waals surface area contributed by atoms with Crippen molar-refractivity contribution in [1.29, 1.82) is 0 Å². The molecule has 1 aliphatic rings. The van der Waals surface area contributed by atoms with Crippen molar-refractivity contribution in [3.63, 3.8) is 0 Å². The third-order valence-corrected chi connectivity index (χ3v) is 4.98. The summed E-state index contributed by atoms with van der Waals surface area (Å²) in [4.78, 5) is 21.2. The van der Waals surface area contributed by atoms with Gasteiger partial charge in [-0.05, 0) is 37.3 Å². The van der Waals surface area contributed by atoms with Crippen LogP contribution in [-0.4, -0.2) is 30.1 Å². The molecule has 142 valence electrons. The normalized spacial score (nSPS) is 13.9. The second-order valence-electron chi connectivity index (χ2n) is 6.92. The van der Waals surface area contributed by atoms with Gasteiger partial charge in [-0.1, -0.05) is 17.7 Å². The zero-order chi connectivity index (χ0) is 19.3. The topological polar surface area (TPSA) is 85.8 Å². The Labute approximate surface area is 165 Å². The Kier molecular flexibility index (Phi) is 3.94. The monoisotopic (exact) mass is 396 g/mol. The van der Waals surface area contributed by atoms with Crippen LogP contribution in [0.2, 0.25) is 5.15 Å². The van der Waals surface area contributed by atoms with Crippen LogP contribution in [-0.2, 0) is 6.54 Å². The Morgan fingerprint density at radius 1 is 1.36 bits per heavy atom. The number of hydrogen-bond donors (Lipinski definition) is 1. The minimum absolute atomic E-state index is 0.227. The van der Waals surface area contributed by atoms with Crippen LogP contribution in [0, 0.1) is 6.92 Å². The molecule has 0 unspecified atom stereocenters. The number of carbonyl (C=O) groups is 1. The Bertz CT molecular complexity index is 1210. The van der Waals surface area contributed by atoms with Gasteiger partial charge in [0, 0.05) is 24.0 Å². The Balaban J connectivity index is 1.33. The van der Waals surface area contributed by atoms with E-state index >= 15 is 0 Å². The molecule has 4 aromatic heterocycles. The summed E-state index contributed by atoms with van der Waals surface area (Å²) in [5.41, 5.74) is 4.33. The third kappa shape index (κ3) is 3.05. The Morgan fingerprint density at radius 2 is 2.21 bits per heavy atom. The summed E-state index contributed by atoms with van der Waals surface area (Å²) >= 11 is 6.12. The van der Waals surface area contributed by atoms with E-state index in [1.165, 1.54) is 10.6 Å². The van der Waals surface area contributed by atoms with E-state index < -0.39 is 6.09 Å². The number of halogens is 1. The molecule has 8 nitrogen and oxygen atoms in total. The number of amides is 1. The molecule has 9 heteroatoms. The van der Waals surface area contributed by atoms with Gasteiger partial charge in [0.1, 0.15) is 10.8 Å². The summed E-state index contributed by atoms with van der Waals surface area (Å²) < 4.78 is 8.86. The van der Waals surface area contributed by atoms with E-state index in [2.05, 4.69) is 20.4 Å². The number of pyridine rings is 1. The first-order valence-corrected chi connectivity index (χ1v) is 9.39. The molecule has 4 aromatic rings. The van der Waals surface area contributed by atoms with Crippen molar-refractivity contribution < 1.29 is 9.53 Å². The van der Waals surface area contributed by atoms with Gasteiger partial charge >= 0.3 is 6.09 Å². The van der Waals surface area contributed by atoms with Gasteiger partial charge in [0.05, 0.1) is 18.4 Å².